The van der Waals surface area contributed by atoms with E-state index in [4.69, 9.17) is 9.47 Å². The zero-order chi connectivity index (χ0) is 20.2. The summed E-state index contributed by atoms with van der Waals surface area (Å²) in [5, 5.41) is 0. The van der Waals surface area contributed by atoms with Crippen molar-refractivity contribution in [3.63, 3.8) is 0 Å². The van der Waals surface area contributed by atoms with Crippen molar-refractivity contribution < 1.29 is 9.47 Å². The van der Waals surface area contributed by atoms with E-state index in [0.29, 0.717) is 17.4 Å². The number of anilines is 1. The van der Waals surface area contributed by atoms with Crippen molar-refractivity contribution in [2.24, 2.45) is 7.05 Å². The summed E-state index contributed by atoms with van der Waals surface area (Å²) < 4.78 is 12.8. The Balaban J connectivity index is 1.53. The molecule has 0 N–H and O–H groups in total. The number of benzene rings is 1. The Morgan fingerprint density at radius 1 is 1.14 bits per heavy atom. The Morgan fingerprint density at radius 2 is 1.97 bits per heavy atom. The van der Waals surface area contributed by atoms with Crippen LogP contribution in [0.1, 0.15) is 12.8 Å². The molecule has 0 radical (unpaired) electrons. The molecule has 1 atom stereocenters. The maximum absolute atomic E-state index is 12.4. The quantitative estimate of drug-likeness (QED) is 0.658. The van der Waals surface area contributed by atoms with Crippen LogP contribution < -0.4 is 19.9 Å². The Bertz CT molecular complexity index is 1020. The van der Waals surface area contributed by atoms with Crippen LogP contribution in [0.3, 0.4) is 0 Å². The normalized spacial score (nSPS) is 16.5. The van der Waals surface area contributed by atoms with Gasteiger partial charge in [0.05, 0.1) is 25.0 Å². The van der Waals surface area contributed by atoms with E-state index in [1.807, 2.05) is 24.3 Å². The standard InChI is InChI=1S/C21H23N5O3/c1-25-20(27)12-19(18-9-10-22-14-23-18)24-21(25)29-17-4-3-11-26(13-17)15-5-7-16(28-2)8-6-15/h5-10,12,14,17H,3-4,11,13H2,1-2H3. The topological polar surface area (TPSA) is 82.4 Å². The molecule has 1 fully saturated rings. The van der Waals surface area contributed by atoms with Gasteiger partial charge in [0, 0.05) is 31.5 Å². The van der Waals surface area contributed by atoms with Gasteiger partial charge in [-0.2, -0.15) is 4.98 Å². The predicted octanol–water partition coefficient (Wildman–Crippen LogP) is 2.29. The van der Waals surface area contributed by atoms with Crippen molar-refractivity contribution in [3.05, 3.63) is 59.3 Å². The molecule has 0 saturated carbocycles. The van der Waals surface area contributed by atoms with Gasteiger partial charge in [0.2, 0.25) is 0 Å². The van der Waals surface area contributed by atoms with Crippen molar-refractivity contribution in [3.8, 4) is 23.1 Å². The number of nitrogens with zero attached hydrogens (tertiary/aromatic N) is 5. The molecule has 3 heterocycles. The number of rotatable bonds is 5. The van der Waals surface area contributed by atoms with Gasteiger partial charge >= 0.3 is 0 Å². The Labute approximate surface area is 168 Å². The van der Waals surface area contributed by atoms with Crippen molar-refractivity contribution in [1.82, 2.24) is 19.5 Å². The highest BCUT2D eigenvalue weighted by Crippen LogP contribution is 2.25. The van der Waals surface area contributed by atoms with Gasteiger partial charge in [0.1, 0.15) is 18.2 Å². The first kappa shape index (κ1) is 18.9. The SMILES string of the molecule is COc1ccc(N2CCCC(Oc3nc(-c4ccncn4)cc(=O)n3C)C2)cc1. The molecule has 29 heavy (non-hydrogen) atoms. The van der Waals surface area contributed by atoms with Gasteiger partial charge in [0.15, 0.2) is 0 Å². The van der Waals surface area contributed by atoms with Crippen LogP contribution in [0, 0.1) is 0 Å². The summed E-state index contributed by atoms with van der Waals surface area (Å²) in [5.41, 5.74) is 2.00. The molecule has 1 saturated heterocycles. The van der Waals surface area contributed by atoms with Gasteiger partial charge in [-0.1, -0.05) is 0 Å². The second-order valence-electron chi connectivity index (χ2n) is 6.94. The molecule has 0 aliphatic carbocycles. The molecule has 1 aliphatic rings. The summed E-state index contributed by atoms with van der Waals surface area (Å²) in [5.74, 6) is 0.833. The maximum atomic E-state index is 12.4. The third-order valence-corrected chi connectivity index (χ3v) is 5.03. The Morgan fingerprint density at radius 3 is 2.69 bits per heavy atom. The van der Waals surface area contributed by atoms with E-state index in [9.17, 15) is 4.79 Å². The van der Waals surface area contributed by atoms with E-state index in [1.165, 1.54) is 17.0 Å². The minimum atomic E-state index is -0.188. The monoisotopic (exact) mass is 393 g/mol. The Kier molecular flexibility index (Phi) is 5.41. The third kappa shape index (κ3) is 4.21. The van der Waals surface area contributed by atoms with Crippen LogP contribution in [0.4, 0.5) is 5.69 Å². The molecule has 1 unspecified atom stereocenters. The van der Waals surface area contributed by atoms with Crippen LogP contribution in [-0.2, 0) is 7.05 Å². The van der Waals surface area contributed by atoms with Crippen LogP contribution in [0.2, 0.25) is 0 Å². The van der Waals surface area contributed by atoms with Gasteiger partial charge < -0.3 is 14.4 Å². The lowest BCUT2D eigenvalue weighted by atomic mass is 10.1. The number of ether oxygens (including phenoxy) is 2. The van der Waals surface area contributed by atoms with Crippen LogP contribution in [0.15, 0.2) is 53.7 Å². The molecule has 0 spiro atoms. The number of hydrogen-bond acceptors (Lipinski definition) is 7. The van der Waals surface area contributed by atoms with Crippen LogP contribution in [-0.4, -0.2) is 45.8 Å². The molecular weight excluding hydrogens is 370 g/mol. The third-order valence-electron chi connectivity index (χ3n) is 5.03. The first-order valence-corrected chi connectivity index (χ1v) is 9.54. The zero-order valence-electron chi connectivity index (χ0n) is 16.5. The number of hydrogen-bond donors (Lipinski definition) is 0. The highest BCUT2D eigenvalue weighted by molar-refractivity contribution is 5.53. The minimum absolute atomic E-state index is 0.0652. The minimum Gasteiger partial charge on any atom is -0.497 e. The Hall–Kier alpha value is -3.42. The lowest BCUT2D eigenvalue weighted by Gasteiger charge is -2.34. The largest absolute Gasteiger partial charge is 0.497 e. The van der Waals surface area contributed by atoms with E-state index in [1.54, 1.807) is 26.4 Å². The average molecular weight is 393 g/mol. The fourth-order valence-corrected chi connectivity index (χ4v) is 3.41. The number of methoxy groups -OCH3 is 1. The first-order chi connectivity index (χ1) is 14.1. The van der Waals surface area contributed by atoms with Gasteiger partial charge in [-0.3, -0.25) is 9.36 Å². The summed E-state index contributed by atoms with van der Waals surface area (Å²) in [7, 11) is 3.32. The highest BCUT2D eigenvalue weighted by Gasteiger charge is 2.23. The molecule has 0 amide bonds. The molecule has 8 heteroatoms. The van der Waals surface area contributed by atoms with E-state index in [2.05, 4.69) is 19.9 Å². The van der Waals surface area contributed by atoms with Crippen molar-refractivity contribution in [2.75, 3.05) is 25.1 Å². The van der Waals surface area contributed by atoms with Crippen LogP contribution in [0.5, 0.6) is 11.8 Å². The second kappa shape index (κ2) is 8.30. The molecule has 8 nitrogen and oxygen atoms in total. The van der Waals surface area contributed by atoms with Crippen LogP contribution >= 0.6 is 0 Å². The number of piperidine rings is 1. The summed E-state index contributed by atoms with van der Waals surface area (Å²) in [4.78, 5) is 27.3. The summed E-state index contributed by atoms with van der Waals surface area (Å²) in [6.45, 7) is 1.68. The van der Waals surface area contributed by atoms with Crippen LogP contribution in [0.25, 0.3) is 11.4 Å². The fraction of sp³-hybridized carbons (Fsp3) is 0.333. The zero-order valence-corrected chi connectivity index (χ0v) is 16.5. The summed E-state index contributed by atoms with van der Waals surface area (Å²) >= 11 is 0. The molecule has 150 valence electrons. The van der Waals surface area contributed by atoms with E-state index in [0.717, 1.165) is 37.4 Å². The molecular formula is C21H23N5O3. The van der Waals surface area contributed by atoms with Gasteiger partial charge in [-0.25, -0.2) is 9.97 Å². The van der Waals surface area contributed by atoms with Crippen molar-refractivity contribution in [1.29, 1.82) is 0 Å². The van der Waals surface area contributed by atoms with Crippen molar-refractivity contribution >= 4 is 5.69 Å². The summed E-state index contributed by atoms with van der Waals surface area (Å²) in [6, 6.07) is 11.5. The molecule has 1 aliphatic heterocycles. The number of aromatic nitrogens is 4. The smallest absolute Gasteiger partial charge is 0.299 e. The summed E-state index contributed by atoms with van der Waals surface area (Å²) in [6.07, 6.45) is 4.89. The highest BCUT2D eigenvalue weighted by atomic mass is 16.5. The first-order valence-electron chi connectivity index (χ1n) is 9.54. The predicted molar refractivity (Wildman–Crippen MR) is 109 cm³/mol. The second-order valence-corrected chi connectivity index (χ2v) is 6.94. The van der Waals surface area contributed by atoms with Gasteiger partial charge in [-0.05, 0) is 43.2 Å². The van der Waals surface area contributed by atoms with E-state index >= 15 is 0 Å². The molecule has 3 aromatic rings. The molecule has 0 bridgehead atoms. The molecule has 4 rings (SSSR count). The van der Waals surface area contributed by atoms with E-state index < -0.39 is 0 Å². The average Bonchev–Trinajstić information content (AvgIpc) is 2.77. The maximum Gasteiger partial charge on any atom is 0.299 e. The van der Waals surface area contributed by atoms with Crippen molar-refractivity contribution in [2.45, 2.75) is 18.9 Å². The fourth-order valence-electron chi connectivity index (χ4n) is 3.41. The molecule has 1 aromatic carbocycles. The molecule has 2 aromatic heterocycles. The van der Waals surface area contributed by atoms with Gasteiger partial charge in [-0.15, -0.1) is 0 Å². The lowest BCUT2D eigenvalue weighted by Crippen LogP contribution is -2.42. The van der Waals surface area contributed by atoms with Gasteiger partial charge in [0.25, 0.3) is 11.6 Å². The van der Waals surface area contributed by atoms with E-state index in [-0.39, 0.29) is 11.7 Å². The lowest BCUT2D eigenvalue weighted by molar-refractivity contribution is 0.157.